The summed E-state index contributed by atoms with van der Waals surface area (Å²) in [6.45, 7) is 0. The molecule has 4 rings (SSSR count). The number of fused-ring (bicyclic) bond motifs is 2. The lowest BCUT2D eigenvalue weighted by Crippen LogP contribution is -1.57. The van der Waals surface area contributed by atoms with Crippen molar-refractivity contribution in [2.24, 2.45) is 0 Å². The second-order valence-corrected chi connectivity index (χ2v) is 4.77. The van der Waals surface area contributed by atoms with E-state index in [1.54, 1.807) is 17.5 Å². The van der Waals surface area contributed by atoms with Crippen LogP contribution >= 0.6 is 11.3 Å². The Morgan fingerprint density at radius 3 is 2.44 bits per heavy atom. The van der Waals surface area contributed by atoms with E-state index >= 15 is 0 Å². The van der Waals surface area contributed by atoms with Crippen LogP contribution in [0.1, 0.15) is 0 Å². The third-order valence-corrected chi connectivity index (χ3v) is 3.52. The van der Waals surface area contributed by atoms with Gasteiger partial charge in [-0.25, -0.2) is 0 Å². The van der Waals surface area contributed by atoms with E-state index in [0.717, 1.165) is 11.0 Å². The van der Waals surface area contributed by atoms with Gasteiger partial charge >= 0.3 is 0 Å². The second kappa shape index (κ2) is 5.02. The predicted octanol–water partition coefficient (Wildman–Crippen LogP) is 4.73. The lowest BCUT2D eigenvalue weighted by Gasteiger charge is -1.82. The van der Waals surface area contributed by atoms with Gasteiger partial charge in [-0.05, 0) is 35.0 Å². The molecule has 0 N–H and O–H groups in total. The number of aromatic nitrogens is 1. The third-order valence-electron chi connectivity index (χ3n) is 2.62. The van der Waals surface area contributed by atoms with Gasteiger partial charge in [0.05, 0.1) is 6.20 Å². The van der Waals surface area contributed by atoms with Crippen molar-refractivity contribution in [3.63, 3.8) is 0 Å². The Hall–Kier alpha value is -2.13. The van der Waals surface area contributed by atoms with Crippen LogP contribution in [0.4, 0.5) is 0 Å². The van der Waals surface area contributed by atoms with Crippen LogP contribution in [0.3, 0.4) is 0 Å². The van der Waals surface area contributed by atoms with E-state index in [1.165, 1.54) is 10.1 Å². The topological polar surface area (TPSA) is 26.0 Å². The summed E-state index contributed by atoms with van der Waals surface area (Å²) in [5, 5.41) is 8.14. The molecule has 0 saturated heterocycles. The Morgan fingerprint density at radius 2 is 1.61 bits per heavy atom. The van der Waals surface area contributed by atoms with E-state index in [-0.39, 0.29) is 0 Å². The summed E-state index contributed by atoms with van der Waals surface area (Å²) in [5.41, 5.74) is 0.845. The molecule has 2 heterocycles. The van der Waals surface area contributed by atoms with E-state index in [2.05, 4.69) is 40.9 Å². The average molecular weight is 253 g/mol. The number of hydrogen-bond donors (Lipinski definition) is 0. The highest BCUT2D eigenvalue weighted by atomic mass is 32.1. The van der Waals surface area contributed by atoms with E-state index in [0.29, 0.717) is 0 Å². The van der Waals surface area contributed by atoms with Crippen LogP contribution in [-0.4, -0.2) is 5.16 Å². The number of benzene rings is 2. The van der Waals surface area contributed by atoms with Gasteiger partial charge in [-0.3, -0.25) is 0 Å². The highest BCUT2D eigenvalue weighted by Gasteiger charge is 1.91. The molecule has 3 heteroatoms. The molecular formula is C15H11NOS. The minimum atomic E-state index is 0.845. The van der Waals surface area contributed by atoms with Crippen molar-refractivity contribution in [2.75, 3.05) is 0 Å². The average Bonchev–Trinajstić information content (AvgIpc) is 3.08. The van der Waals surface area contributed by atoms with Crippen molar-refractivity contribution in [3.8, 4) is 0 Å². The first-order chi connectivity index (χ1) is 8.93. The monoisotopic (exact) mass is 253 g/mol. The first-order valence-electron chi connectivity index (χ1n) is 5.65. The number of thiophene rings is 1. The van der Waals surface area contributed by atoms with Gasteiger partial charge in [0.2, 0.25) is 0 Å². The number of nitrogens with zero attached hydrogens (tertiary/aromatic N) is 1. The zero-order valence-electron chi connectivity index (χ0n) is 9.61. The first-order valence-corrected chi connectivity index (χ1v) is 6.53. The summed E-state index contributed by atoms with van der Waals surface area (Å²) < 4.78 is 6.24. The molecule has 88 valence electrons. The van der Waals surface area contributed by atoms with E-state index in [9.17, 15) is 0 Å². The molecule has 0 radical (unpaired) electrons. The zero-order chi connectivity index (χ0) is 12.2. The quantitative estimate of drug-likeness (QED) is 0.453. The van der Waals surface area contributed by atoms with Gasteiger partial charge in [0.1, 0.15) is 0 Å². The van der Waals surface area contributed by atoms with Crippen molar-refractivity contribution in [1.29, 1.82) is 0 Å². The smallest absolute Gasteiger partial charge is 0.166 e. The molecule has 0 unspecified atom stereocenters. The molecule has 0 bridgehead atoms. The van der Waals surface area contributed by atoms with Crippen molar-refractivity contribution < 1.29 is 4.52 Å². The van der Waals surface area contributed by atoms with Gasteiger partial charge in [-0.2, -0.15) is 0 Å². The Kier molecular flexibility index (Phi) is 3.07. The van der Waals surface area contributed by atoms with Crippen LogP contribution in [0.15, 0.2) is 70.7 Å². The maximum absolute atomic E-state index is 4.87. The molecule has 0 aliphatic rings. The van der Waals surface area contributed by atoms with Crippen LogP contribution < -0.4 is 0 Å². The third kappa shape index (κ3) is 2.26. The molecule has 0 aliphatic carbocycles. The summed E-state index contributed by atoms with van der Waals surface area (Å²) in [5.74, 6) is 0. The normalized spacial score (nSPS) is 10.2. The van der Waals surface area contributed by atoms with E-state index < -0.39 is 0 Å². The maximum Gasteiger partial charge on any atom is 0.166 e. The molecule has 4 aromatic rings. The largest absolute Gasteiger partial charge is 0.356 e. The van der Waals surface area contributed by atoms with E-state index in [4.69, 9.17) is 4.52 Å². The van der Waals surface area contributed by atoms with Crippen LogP contribution in [-0.2, 0) is 0 Å². The minimum absolute atomic E-state index is 0.845. The molecule has 2 aromatic carbocycles. The number of rotatable bonds is 0. The molecule has 0 atom stereocenters. The first kappa shape index (κ1) is 11.0. The Bertz CT molecular complexity index is 630. The molecule has 2 nitrogen and oxygen atoms in total. The predicted molar refractivity (Wildman–Crippen MR) is 75.8 cm³/mol. The van der Waals surface area contributed by atoms with Gasteiger partial charge in [0.15, 0.2) is 5.58 Å². The molecular weight excluding hydrogens is 242 g/mol. The highest BCUT2D eigenvalue weighted by Crippen LogP contribution is 2.18. The lowest BCUT2D eigenvalue weighted by atomic mass is 10.3. The summed E-state index contributed by atoms with van der Waals surface area (Å²) in [7, 11) is 0. The van der Waals surface area contributed by atoms with Crippen LogP contribution in [0.25, 0.3) is 21.1 Å². The van der Waals surface area contributed by atoms with Gasteiger partial charge in [-0.15, -0.1) is 11.3 Å². The second-order valence-electron chi connectivity index (χ2n) is 3.82. The summed E-state index contributed by atoms with van der Waals surface area (Å²) in [6, 6.07) is 18.3. The molecule has 0 fully saturated rings. The van der Waals surface area contributed by atoms with E-state index in [1.807, 2.05) is 24.3 Å². The molecule has 0 spiro atoms. The minimum Gasteiger partial charge on any atom is -0.356 e. The van der Waals surface area contributed by atoms with Gasteiger partial charge in [-0.1, -0.05) is 35.5 Å². The SMILES string of the molecule is c1ccc2oncc2c1.c1ccc2sccc2c1. The van der Waals surface area contributed by atoms with Crippen molar-refractivity contribution in [2.45, 2.75) is 0 Å². The fourth-order valence-corrected chi connectivity index (χ4v) is 2.51. The molecule has 0 aliphatic heterocycles. The van der Waals surface area contributed by atoms with Crippen LogP contribution in [0.2, 0.25) is 0 Å². The summed E-state index contributed by atoms with van der Waals surface area (Å²) in [6.07, 6.45) is 1.70. The van der Waals surface area contributed by atoms with Crippen LogP contribution in [0, 0.1) is 0 Å². The lowest BCUT2D eigenvalue weighted by molar-refractivity contribution is 0.456. The molecule has 2 aromatic heterocycles. The Morgan fingerprint density at radius 1 is 0.833 bits per heavy atom. The zero-order valence-corrected chi connectivity index (χ0v) is 10.4. The molecule has 0 amide bonds. The van der Waals surface area contributed by atoms with Gasteiger partial charge < -0.3 is 4.52 Å². The number of hydrogen-bond acceptors (Lipinski definition) is 3. The summed E-state index contributed by atoms with van der Waals surface area (Å²) in [4.78, 5) is 0. The Balaban J connectivity index is 0.000000111. The van der Waals surface area contributed by atoms with Crippen molar-refractivity contribution in [1.82, 2.24) is 5.16 Å². The maximum atomic E-state index is 4.87. The number of para-hydroxylation sites is 1. The standard InChI is InChI=1S/C8H6S.C7H5NO/c1-2-4-8-7(3-1)5-6-9-8;1-2-4-7-6(3-1)5-8-9-7/h1-6H;1-5H. The molecule has 18 heavy (non-hydrogen) atoms. The van der Waals surface area contributed by atoms with Crippen LogP contribution in [0.5, 0.6) is 0 Å². The Labute approximate surface area is 108 Å². The highest BCUT2D eigenvalue weighted by molar-refractivity contribution is 7.17. The van der Waals surface area contributed by atoms with Gasteiger partial charge in [0, 0.05) is 10.1 Å². The van der Waals surface area contributed by atoms with Crippen molar-refractivity contribution >= 4 is 32.4 Å². The summed E-state index contributed by atoms with van der Waals surface area (Å²) >= 11 is 1.79. The van der Waals surface area contributed by atoms with Crippen molar-refractivity contribution in [3.05, 3.63) is 66.2 Å². The fraction of sp³-hybridized carbons (Fsp3) is 0. The fourth-order valence-electron chi connectivity index (χ4n) is 1.72. The molecule has 0 saturated carbocycles. The van der Waals surface area contributed by atoms with Gasteiger partial charge in [0.25, 0.3) is 0 Å².